The summed E-state index contributed by atoms with van der Waals surface area (Å²) in [6.45, 7) is 12.9. The van der Waals surface area contributed by atoms with Gasteiger partial charge in [-0.3, -0.25) is 4.98 Å². The number of nitrogens with zero attached hydrogens (tertiary/aromatic N) is 1. The lowest BCUT2D eigenvalue weighted by Gasteiger charge is -2.21. The van der Waals surface area contributed by atoms with E-state index in [2.05, 4.69) is 46.5 Å². The summed E-state index contributed by atoms with van der Waals surface area (Å²) in [7, 11) is 1.46. The number of rotatable bonds is 4. The summed E-state index contributed by atoms with van der Waals surface area (Å²) in [5, 5.41) is 2.73. The van der Waals surface area contributed by atoms with Gasteiger partial charge in [-0.1, -0.05) is 59.7 Å². The molecule has 0 bridgehead atoms. The van der Waals surface area contributed by atoms with Gasteiger partial charge in [0.2, 0.25) is 0 Å². The third kappa shape index (κ3) is 4.81. The molecule has 3 aromatic carbocycles. The Kier molecular flexibility index (Phi) is 6.56. The van der Waals surface area contributed by atoms with Crippen molar-refractivity contribution in [2.75, 3.05) is 14.2 Å². The van der Waals surface area contributed by atoms with Crippen molar-refractivity contribution in [3.63, 3.8) is 0 Å². The van der Waals surface area contributed by atoms with Gasteiger partial charge in [-0.25, -0.2) is 0 Å². The van der Waals surface area contributed by atoms with Gasteiger partial charge in [-0.2, -0.15) is 0 Å². The summed E-state index contributed by atoms with van der Waals surface area (Å²) < 4.78 is 31.3. The highest BCUT2D eigenvalue weighted by atomic mass is 31.1. The Bertz CT molecular complexity index is 1600. The first kappa shape index (κ1) is 26.0. The summed E-state index contributed by atoms with van der Waals surface area (Å²) in [4.78, 5) is 4.56. The van der Waals surface area contributed by atoms with E-state index in [4.69, 9.17) is 22.4 Å². The third-order valence-corrected chi connectivity index (χ3v) is 7.61. The quantitative estimate of drug-likeness (QED) is 0.230. The highest BCUT2D eigenvalue weighted by Crippen LogP contribution is 2.46. The second kappa shape index (κ2) is 9.59. The minimum atomic E-state index is -1.90. The molecule has 0 saturated heterocycles. The summed E-state index contributed by atoms with van der Waals surface area (Å²) in [5.74, 6) is 2.10. The number of aromatic nitrogens is 1. The van der Waals surface area contributed by atoms with Crippen LogP contribution in [0.3, 0.4) is 0 Å². The largest absolute Gasteiger partial charge is 0.497 e. The molecule has 0 aliphatic heterocycles. The second-order valence-corrected chi connectivity index (χ2v) is 12.4. The Morgan fingerprint density at radius 3 is 1.74 bits per heavy atom. The van der Waals surface area contributed by atoms with Crippen molar-refractivity contribution < 1.29 is 22.4 Å². The summed E-state index contributed by atoms with van der Waals surface area (Å²) in [6, 6.07) is 17.8. The smallest absolute Gasteiger partial charge is 0.453 e. The van der Waals surface area contributed by atoms with Gasteiger partial charge in [0.15, 0.2) is 5.75 Å². The van der Waals surface area contributed by atoms with Gasteiger partial charge in [0.25, 0.3) is 0 Å². The third-order valence-electron chi connectivity index (χ3n) is 6.60. The fourth-order valence-corrected chi connectivity index (χ4v) is 5.70. The molecule has 5 rings (SSSR count). The maximum Gasteiger partial charge on any atom is 0.453 e. The molecule has 0 fully saturated rings. The van der Waals surface area contributed by atoms with Crippen LogP contribution in [-0.2, 0) is 10.8 Å². The van der Waals surface area contributed by atoms with Crippen LogP contribution in [0.4, 0.5) is 0 Å². The molecule has 0 aliphatic rings. The highest BCUT2D eigenvalue weighted by Gasteiger charge is 2.26. The maximum absolute atomic E-state index is 6.69. The average molecular weight is 532 g/mol. The number of para-hydroxylation sites is 1. The van der Waals surface area contributed by atoms with Gasteiger partial charge >= 0.3 is 8.24 Å². The molecule has 0 atom stereocenters. The van der Waals surface area contributed by atoms with E-state index in [1.165, 1.54) is 0 Å². The van der Waals surface area contributed by atoms with Gasteiger partial charge in [0.1, 0.15) is 28.2 Å². The Labute approximate surface area is 224 Å². The molecular formula is C31H34NO5P. The zero-order valence-electron chi connectivity index (χ0n) is 23.2. The summed E-state index contributed by atoms with van der Waals surface area (Å²) in [5.41, 5.74) is 3.69. The molecule has 7 heteroatoms. The van der Waals surface area contributed by atoms with E-state index in [0.29, 0.717) is 16.9 Å². The summed E-state index contributed by atoms with van der Waals surface area (Å²) >= 11 is 0. The molecule has 5 aromatic rings. The average Bonchev–Trinajstić information content (AvgIpc) is 3.02. The number of pyridine rings is 1. The predicted molar refractivity (Wildman–Crippen MR) is 155 cm³/mol. The lowest BCUT2D eigenvalue weighted by Crippen LogP contribution is -2.12. The van der Waals surface area contributed by atoms with Crippen LogP contribution in [0.15, 0.2) is 69.2 Å². The number of fused-ring (bicyclic) bond motifs is 4. The zero-order chi connectivity index (χ0) is 27.2. The second-order valence-electron chi connectivity index (χ2n) is 11.4. The van der Waals surface area contributed by atoms with Gasteiger partial charge in [0, 0.05) is 33.5 Å². The lowest BCUT2D eigenvalue weighted by molar-refractivity contribution is 0.413. The molecule has 0 N–H and O–H groups in total. The molecular weight excluding hydrogens is 497 g/mol. The lowest BCUT2D eigenvalue weighted by atomic mass is 9.84. The van der Waals surface area contributed by atoms with Crippen LogP contribution in [0.25, 0.3) is 32.8 Å². The molecule has 0 saturated carbocycles. The normalized spacial score (nSPS) is 12.2. The van der Waals surface area contributed by atoms with Crippen molar-refractivity contribution in [3.8, 4) is 17.2 Å². The van der Waals surface area contributed by atoms with E-state index in [1.807, 2.05) is 54.6 Å². The fraction of sp³-hybridized carbons (Fsp3) is 0.323. The van der Waals surface area contributed by atoms with E-state index in [9.17, 15) is 0 Å². The SMILES string of the molecule is COc1cc(C(C)(C)C)c2op(Oc3cccc4cccnc34)oc3c(C(C)(C)C)cc(OC)cc3c2c1. The van der Waals surface area contributed by atoms with Gasteiger partial charge in [0.05, 0.1) is 14.2 Å². The first-order valence-electron chi connectivity index (χ1n) is 12.6. The number of benzene rings is 3. The van der Waals surface area contributed by atoms with Gasteiger partial charge in [-0.15, -0.1) is 0 Å². The molecule has 2 heterocycles. The zero-order valence-corrected chi connectivity index (χ0v) is 24.1. The van der Waals surface area contributed by atoms with Crippen LogP contribution in [0, 0.1) is 0 Å². The Hall–Kier alpha value is -3.63. The van der Waals surface area contributed by atoms with E-state index in [0.717, 1.165) is 44.3 Å². The van der Waals surface area contributed by atoms with Crippen molar-refractivity contribution in [2.45, 2.75) is 52.4 Å². The van der Waals surface area contributed by atoms with Crippen LogP contribution >= 0.6 is 8.24 Å². The standard InChI is InChI=1S/C31H34NO5P/c1-30(2,3)24-17-20(33-7)15-22-23-16-21(34-8)18-25(31(4,5)6)29(23)37-38(36-28(22)24)35-26-13-9-11-19-12-10-14-32-27(19)26/h9-18H,1-8H3. The Morgan fingerprint density at radius 2 is 1.24 bits per heavy atom. The molecule has 0 aliphatic carbocycles. The monoisotopic (exact) mass is 531 g/mol. The van der Waals surface area contributed by atoms with Crippen LogP contribution in [0.2, 0.25) is 0 Å². The maximum atomic E-state index is 6.69. The van der Waals surface area contributed by atoms with Crippen LogP contribution in [0.5, 0.6) is 17.2 Å². The topological polar surface area (TPSA) is 66.9 Å². The van der Waals surface area contributed by atoms with Crippen molar-refractivity contribution in [1.29, 1.82) is 0 Å². The molecule has 2 aromatic heterocycles. The van der Waals surface area contributed by atoms with Crippen molar-refractivity contribution in [2.24, 2.45) is 0 Å². The molecule has 198 valence electrons. The van der Waals surface area contributed by atoms with Crippen molar-refractivity contribution in [3.05, 3.63) is 71.9 Å². The Balaban J connectivity index is 1.95. The van der Waals surface area contributed by atoms with E-state index >= 15 is 0 Å². The first-order valence-corrected chi connectivity index (χ1v) is 13.7. The van der Waals surface area contributed by atoms with Gasteiger partial charge < -0.3 is 22.4 Å². The van der Waals surface area contributed by atoms with Crippen LogP contribution < -0.4 is 14.0 Å². The molecule has 0 spiro atoms. The first-order chi connectivity index (χ1) is 18.0. The van der Waals surface area contributed by atoms with E-state index < -0.39 is 8.24 Å². The molecule has 6 nitrogen and oxygen atoms in total. The van der Waals surface area contributed by atoms with E-state index in [1.54, 1.807) is 20.4 Å². The molecule has 0 amide bonds. The minimum absolute atomic E-state index is 0.239. The van der Waals surface area contributed by atoms with Gasteiger partial charge in [-0.05, 0) is 47.2 Å². The number of hydrogen-bond donors (Lipinski definition) is 0. The van der Waals surface area contributed by atoms with Crippen LogP contribution in [0.1, 0.15) is 52.7 Å². The Morgan fingerprint density at radius 1 is 0.711 bits per heavy atom. The molecule has 0 unspecified atom stereocenters. The summed E-state index contributed by atoms with van der Waals surface area (Å²) in [6.07, 6.45) is 1.76. The molecule has 0 radical (unpaired) electrons. The van der Waals surface area contributed by atoms with Crippen molar-refractivity contribution >= 4 is 41.1 Å². The van der Waals surface area contributed by atoms with E-state index in [-0.39, 0.29) is 10.8 Å². The predicted octanol–water partition coefficient (Wildman–Crippen LogP) is 9.29. The number of methoxy groups -OCH3 is 2. The fourth-order valence-electron chi connectivity index (χ4n) is 4.59. The molecule has 38 heavy (non-hydrogen) atoms. The highest BCUT2D eigenvalue weighted by molar-refractivity contribution is 7.32. The van der Waals surface area contributed by atoms with Crippen LogP contribution in [-0.4, -0.2) is 19.2 Å². The van der Waals surface area contributed by atoms with Crippen molar-refractivity contribution in [1.82, 2.24) is 4.98 Å². The number of hydrogen-bond acceptors (Lipinski definition) is 6. The minimum Gasteiger partial charge on any atom is -0.497 e. The number of ether oxygens (including phenoxy) is 2.